The molecular formula is C15H11Br4N5O2. The molecule has 0 unspecified atom stereocenters. The van der Waals surface area contributed by atoms with Crippen LogP contribution >= 0.6 is 63.7 Å². The maximum absolute atomic E-state index is 9.92. The van der Waals surface area contributed by atoms with Crippen LogP contribution in [0.15, 0.2) is 57.5 Å². The molecule has 136 valence electrons. The molecular weight excluding hydrogens is 602 g/mol. The standard InChI is InChI=1S/C15H11Br4N5O2/c16-9-1-7(13(25)11(18)3-9)5-21-23-15(20)24-22-6-8-2-10(17)4-12(19)14(8)26/h1-6,25-26H,(H3,20,23,24)/b21-5+,22-6+. The number of hydrogen-bond donors (Lipinski definition) is 4. The normalized spacial score (nSPS) is 12.2. The van der Waals surface area contributed by atoms with Crippen LogP contribution in [0.1, 0.15) is 11.1 Å². The van der Waals surface area contributed by atoms with E-state index in [2.05, 4.69) is 84.4 Å². The highest BCUT2D eigenvalue weighted by molar-refractivity contribution is 9.11. The predicted octanol–water partition coefficient (Wildman–Crippen LogP) is 4.42. The van der Waals surface area contributed by atoms with Crippen LogP contribution in [0.5, 0.6) is 11.5 Å². The third-order valence-electron chi connectivity index (χ3n) is 2.86. The van der Waals surface area contributed by atoms with Crippen LogP contribution < -0.4 is 11.2 Å². The van der Waals surface area contributed by atoms with Crippen molar-refractivity contribution in [3.8, 4) is 11.5 Å². The maximum atomic E-state index is 9.92. The van der Waals surface area contributed by atoms with E-state index in [1.807, 2.05) is 0 Å². The number of hydrogen-bond acceptors (Lipinski definition) is 5. The van der Waals surface area contributed by atoms with E-state index < -0.39 is 0 Å². The number of aromatic hydroxyl groups is 2. The smallest absolute Gasteiger partial charge is 0.234 e. The highest BCUT2D eigenvalue weighted by Gasteiger charge is 2.06. The number of phenols is 2. The zero-order chi connectivity index (χ0) is 19.3. The van der Waals surface area contributed by atoms with Gasteiger partial charge in [0.1, 0.15) is 11.5 Å². The Hall–Kier alpha value is -1.43. The van der Waals surface area contributed by atoms with E-state index in [9.17, 15) is 10.2 Å². The average Bonchev–Trinajstić information content (AvgIpc) is 2.56. The van der Waals surface area contributed by atoms with Gasteiger partial charge in [0.2, 0.25) is 5.96 Å². The van der Waals surface area contributed by atoms with Crippen molar-refractivity contribution in [2.75, 3.05) is 0 Å². The summed E-state index contributed by atoms with van der Waals surface area (Å²) in [6.45, 7) is 0. The molecule has 0 aliphatic heterocycles. The summed E-state index contributed by atoms with van der Waals surface area (Å²) in [4.78, 5) is 0. The Morgan fingerprint density at radius 1 is 0.885 bits per heavy atom. The number of phenolic OH excluding ortho intramolecular Hbond substituents is 2. The van der Waals surface area contributed by atoms with Gasteiger partial charge in [0.15, 0.2) is 0 Å². The van der Waals surface area contributed by atoms with Gasteiger partial charge in [-0.05, 0) is 56.1 Å². The van der Waals surface area contributed by atoms with Crippen molar-refractivity contribution < 1.29 is 10.2 Å². The van der Waals surface area contributed by atoms with Crippen molar-refractivity contribution in [1.29, 1.82) is 0 Å². The molecule has 2 aromatic carbocycles. The van der Waals surface area contributed by atoms with Crippen LogP contribution in [-0.4, -0.2) is 28.6 Å². The first-order valence-electron chi connectivity index (χ1n) is 6.79. The van der Waals surface area contributed by atoms with E-state index in [4.69, 9.17) is 5.73 Å². The highest BCUT2D eigenvalue weighted by atomic mass is 79.9. The van der Waals surface area contributed by atoms with Gasteiger partial charge < -0.3 is 15.9 Å². The van der Waals surface area contributed by atoms with Gasteiger partial charge in [0.25, 0.3) is 0 Å². The summed E-state index contributed by atoms with van der Waals surface area (Å²) in [5.41, 5.74) is 9.05. The Balaban J connectivity index is 2.05. The molecule has 0 saturated heterocycles. The lowest BCUT2D eigenvalue weighted by atomic mass is 10.2. The van der Waals surface area contributed by atoms with Crippen LogP contribution in [0, 0.1) is 0 Å². The summed E-state index contributed by atoms with van der Waals surface area (Å²) in [5.74, 6) is 0.00926. The zero-order valence-corrected chi connectivity index (χ0v) is 19.1. The molecule has 0 spiro atoms. The molecule has 0 heterocycles. The minimum absolute atomic E-state index is 0.0346. The Labute approximate surface area is 182 Å². The van der Waals surface area contributed by atoms with Crippen LogP contribution in [0.3, 0.4) is 0 Å². The number of halogens is 4. The Bertz CT molecular complexity index is 915. The molecule has 0 amide bonds. The average molecular weight is 613 g/mol. The first-order chi connectivity index (χ1) is 12.3. The van der Waals surface area contributed by atoms with Gasteiger partial charge in [-0.25, -0.2) is 5.43 Å². The van der Waals surface area contributed by atoms with Gasteiger partial charge in [-0.2, -0.15) is 10.2 Å². The highest BCUT2D eigenvalue weighted by Crippen LogP contribution is 2.31. The van der Waals surface area contributed by atoms with Crippen LogP contribution in [0.2, 0.25) is 0 Å². The molecule has 0 bridgehead atoms. The topological polar surface area (TPSA) is 116 Å². The first-order valence-corrected chi connectivity index (χ1v) is 9.96. The number of hydrazone groups is 1. The molecule has 11 heteroatoms. The number of nitrogens with two attached hydrogens (primary N) is 1. The molecule has 0 saturated carbocycles. The second-order valence-corrected chi connectivity index (χ2v) is 8.29. The molecule has 0 atom stereocenters. The lowest BCUT2D eigenvalue weighted by Gasteiger charge is -2.03. The van der Waals surface area contributed by atoms with Gasteiger partial charge in [0.05, 0.1) is 21.4 Å². The Morgan fingerprint density at radius 3 is 1.92 bits per heavy atom. The SMILES string of the molecule is N/C(=N\N=C\c1cc(Br)cc(Br)c1O)N/N=C/c1cc(Br)cc(Br)c1O. The largest absolute Gasteiger partial charge is 0.506 e. The summed E-state index contributed by atoms with van der Waals surface area (Å²) >= 11 is 13.1. The fraction of sp³-hybridized carbons (Fsp3) is 0. The summed E-state index contributed by atoms with van der Waals surface area (Å²) < 4.78 is 2.59. The molecule has 0 aliphatic rings. The third-order valence-corrected chi connectivity index (χ3v) is 4.98. The molecule has 5 N–H and O–H groups in total. The van der Waals surface area contributed by atoms with E-state index in [1.165, 1.54) is 12.4 Å². The van der Waals surface area contributed by atoms with Gasteiger partial charge in [0, 0.05) is 20.1 Å². The number of rotatable bonds is 4. The molecule has 2 aromatic rings. The third kappa shape index (κ3) is 5.79. The van der Waals surface area contributed by atoms with Crippen molar-refractivity contribution in [2.45, 2.75) is 0 Å². The van der Waals surface area contributed by atoms with Gasteiger partial charge in [-0.1, -0.05) is 31.9 Å². The van der Waals surface area contributed by atoms with Crippen molar-refractivity contribution >= 4 is 82.1 Å². The van der Waals surface area contributed by atoms with E-state index in [-0.39, 0.29) is 17.5 Å². The predicted molar refractivity (Wildman–Crippen MR) is 117 cm³/mol. The van der Waals surface area contributed by atoms with Crippen molar-refractivity contribution in [3.05, 3.63) is 53.3 Å². The van der Waals surface area contributed by atoms with E-state index in [0.717, 1.165) is 8.95 Å². The minimum Gasteiger partial charge on any atom is -0.506 e. The Kier molecular flexibility index (Phi) is 7.62. The number of guanidine groups is 1. The van der Waals surface area contributed by atoms with E-state index in [1.54, 1.807) is 24.3 Å². The van der Waals surface area contributed by atoms with E-state index in [0.29, 0.717) is 20.1 Å². The number of nitrogens with one attached hydrogen (secondary N) is 1. The Morgan fingerprint density at radius 2 is 1.38 bits per heavy atom. The van der Waals surface area contributed by atoms with Crippen LogP contribution in [-0.2, 0) is 0 Å². The summed E-state index contributed by atoms with van der Waals surface area (Å²) in [5, 5.41) is 31.2. The summed E-state index contributed by atoms with van der Waals surface area (Å²) in [7, 11) is 0. The molecule has 26 heavy (non-hydrogen) atoms. The van der Waals surface area contributed by atoms with Gasteiger partial charge >= 0.3 is 0 Å². The molecule has 0 radical (unpaired) electrons. The molecule has 0 aromatic heterocycles. The fourth-order valence-corrected chi connectivity index (χ4v) is 4.23. The maximum Gasteiger partial charge on any atom is 0.234 e. The molecule has 0 aliphatic carbocycles. The van der Waals surface area contributed by atoms with Crippen LogP contribution in [0.25, 0.3) is 0 Å². The summed E-state index contributed by atoms with van der Waals surface area (Å²) in [6.07, 6.45) is 2.73. The van der Waals surface area contributed by atoms with Crippen molar-refractivity contribution in [3.63, 3.8) is 0 Å². The second-order valence-electron chi connectivity index (χ2n) is 4.75. The van der Waals surface area contributed by atoms with Gasteiger partial charge in [-0.3, -0.25) is 0 Å². The van der Waals surface area contributed by atoms with Gasteiger partial charge in [-0.15, -0.1) is 5.10 Å². The lowest BCUT2D eigenvalue weighted by Crippen LogP contribution is -2.26. The van der Waals surface area contributed by atoms with Crippen LogP contribution in [0.4, 0.5) is 0 Å². The van der Waals surface area contributed by atoms with Crippen molar-refractivity contribution in [1.82, 2.24) is 5.43 Å². The number of nitrogens with zero attached hydrogens (tertiary/aromatic N) is 3. The molecule has 7 nitrogen and oxygen atoms in total. The van der Waals surface area contributed by atoms with Crippen molar-refractivity contribution in [2.24, 2.45) is 21.0 Å². The number of benzene rings is 2. The first kappa shape index (κ1) is 20.9. The summed E-state index contributed by atoms with van der Waals surface area (Å²) in [6, 6.07) is 6.77. The zero-order valence-electron chi connectivity index (χ0n) is 12.8. The quantitative estimate of drug-likeness (QED) is 0.232. The monoisotopic (exact) mass is 609 g/mol. The van der Waals surface area contributed by atoms with E-state index >= 15 is 0 Å². The molecule has 2 rings (SSSR count). The fourth-order valence-electron chi connectivity index (χ4n) is 1.71. The minimum atomic E-state index is -0.0698. The lowest BCUT2D eigenvalue weighted by molar-refractivity contribution is 0.470. The second kappa shape index (κ2) is 9.49. The molecule has 0 fully saturated rings.